The molecule has 0 aliphatic heterocycles. The highest BCUT2D eigenvalue weighted by Crippen LogP contribution is 2.08. The van der Waals surface area contributed by atoms with Crippen molar-refractivity contribution in [3.63, 3.8) is 0 Å². The maximum Gasteiger partial charge on any atom is 0.273 e. The molecule has 0 spiro atoms. The predicted molar refractivity (Wildman–Crippen MR) is 61.9 cm³/mol. The van der Waals surface area contributed by atoms with E-state index in [-0.39, 0.29) is 5.16 Å². The Balaban J connectivity index is 2.77. The molecule has 0 unspecified atom stereocenters. The van der Waals surface area contributed by atoms with Crippen molar-refractivity contribution in [2.24, 2.45) is 5.14 Å². The molecule has 7 nitrogen and oxygen atoms in total. The highest BCUT2D eigenvalue weighted by atomic mass is 32.2. The molecule has 0 radical (unpaired) electrons. The first-order valence-electron chi connectivity index (χ1n) is 5.53. The molecular formula is C9H18N4O3S. The van der Waals surface area contributed by atoms with Gasteiger partial charge in [0.05, 0.1) is 0 Å². The second kappa shape index (κ2) is 6.08. The molecule has 0 aliphatic carbocycles. The second-order valence-electron chi connectivity index (χ2n) is 3.49. The molecular weight excluding hydrogens is 244 g/mol. The summed E-state index contributed by atoms with van der Waals surface area (Å²) in [7, 11) is -3.80. The zero-order valence-electron chi connectivity index (χ0n) is 10.1. The summed E-state index contributed by atoms with van der Waals surface area (Å²) in [4.78, 5) is 0. The van der Waals surface area contributed by atoms with Gasteiger partial charge in [0, 0.05) is 26.2 Å². The Morgan fingerprint density at radius 1 is 1.35 bits per heavy atom. The number of sulfonamides is 1. The van der Waals surface area contributed by atoms with Crippen molar-refractivity contribution < 1.29 is 13.2 Å². The molecule has 2 N–H and O–H groups in total. The number of aryl methyl sites for hydroxylation is 1. The lowest BCUT2D eigenvalue weighted by atomic mass is 10.3. The minimum atomic E-state index is -3.80. The van der Waals surface area contributed by atoms with Crippen molar-refractivity contribution >= 4 is 10.0 Å². The smallest absolute Gasteiger partial charge is 0.273 e. The summed E-state index contributed by atoms with van der Waals surface area (Å²) in [6, 6.07) is 0. The van der Waals surface area contributed by atoms with Gasteiger partial charge in [0.1, 0.15) is 5.82 Å². The van der Waals surface area contributed by atoms with Crippen LogP contribution < -0.4 is 5.14 Å². The first kappa shape index (κ1) is 14.1. The summed E-state index contributed by atoms with van der Waals surface area (Å²) in [5.41, 5.74) is 0. The van der Waals surface area contributed by atoms with Crippen LogP contribution in [0.1, 0.15) is 26.1 Å². The monoisotopic (exact) mass is 262 g/mol. The third-order valence-corrected chi connectivity index (χ3v) is 3.07. The highest BCUT2D eigenvalue weighted by molar-refractivity contribution is 7.89. The third-order valence-electron chi connectivity index (χ3n) is 2.26. The third kappa shape index (κ3) is 3.76. The summed E-state index contributed by atoms with van der Waals surface area (Å²) in [5, 5.41) is 12.3. The maximum atomic E-state index is 11.2. The van der Waals surface area contributed by atoms with Gasteiger partial charge in [-0.15, -0.1) is 10.2 Å². The van der Waals surface area contributed by atoms with E-state index in [9.17, 15) is 8.42 Å². The van der Waals surface area contributed by atoms with Gasteiger partial charge >= 0.3 is 0 Å². The van der Waals surface area contributed by atoms with Gasteiger partial charge in [-0.05, 0) is 20.3 Å². The average Bonchev–Trinajstić information content (AvgIpc) is 2.67. The number of ether oxygens (including phenoxy) is 1. The molecule has 0 saturated heterocycles. The van der Waals surface area contributed by atoms with Gasteiger partial charge < -0.3 is 9.30 Å². The normalized spacial score (nSPS) is 11.9. The van der Waals surface area contributed by atoms with E-state index in [1.807, 2.05) is 13.8 Å². The lowest BCUT2D eigenvalue weighted by molar-refractivity contribution is 0.144. The van der Waals surface area contributed by atoms with E-state index in [1.54, 1.807) is 0 Å². The number of rotatable bonds is 7. The van der Waals surface area contributed by atoms with Crippen LogP contribution in [0.4, 0.5) is 0 Å². The second-order valence-corrected chi connectivity index (χ2v) is 4.94. The van der Waals surface area contributed by atoms with Crippen molar-refractivity contribution in [2.75, 3.05) is 13.2 Å². The standard InChI is InChI=1S/C9H18N4O3S/c1-3-13-8(6-5-7-16-4-2)11-12-9(13)17(10,14)15/h3-7H2,1-2H3,(H2,10,14,15). The summed E-state index contributed by atoms with van der Waals surface area (Å²) >= 11 is 0. The minimum absolute atomic E-state index is 0.175. The molecule has 1 heterocycles. The largest absolute Gasteiger partial charge is 0.382 e. The molecule has 17 heavy (non-hydrogen) atoms. The molecule has 1 rings (SSSR count). The van der Waals surface area contributed by atoms with E-state index in [0.29, 0.717) is 32.0 Å². The molecule has 1 aromatic heterocycles. The number of aromatic nitrogens is 3. The topological polar surface area (TPSA) is 100 Å². The van der Waals surface area contributed by atoms with Gasteiger partial charge in [-0.2, -0.15) is 0 Å². The van der Waals surface area contributed by atoms with Crippen molar-refractivity contribution in [1.29, 1.82) is 0 Å². The number of primary sulfonamides is 1. The van der Waals surface area contributed by atoms with Crippen LogP contribution in [-0.4, -0.2) is 36.4 Å². The quantitative estimate of drug-likeness (QED) is 0.692. The fourth-order valence-electron chi connectivity index (χ4n) is 1.51. The van der Waals surface area contributed by atoms with Crippen molar-refractivity contribution in [1.82, 2.24) is 14.8 Å². The van der Waals surface area contributed by atoms with Gasteiger partial charge in [-0.25, -0.2) is 13.6 Å². The fourth-order valence-corrected chi connectivity index (χ4v) is 2.21. The van der Waals surface area contributed by atoms with Crippen LogP contribution in [-0.2, 0) is 27.7 Å². The van der Waals surface area contributed by atoms with E-state index in [1.165, 1.54) is 4.57 Å². The van der Waals surface area contributed by atoms with Gasteiger partial charge in [0.25, 0.3) is 15.2 Å². The Morgan fingerprint density at radius 2 is 2.06 bits per heavy atom. The van der Waals surface area contributed by atoms with Crippen molar-refractivity contribution in [3.05, 3.63) is 5.82 Å². The highest BCUT2D eigenvalue weighted by Gasteiger charge is 2.19. The zero-order chi connectivity index (χ0) is 12.9. The van der Waals surface area contributed by atoms with Crippen LogP contribution in [0.15, 0.2) is 5.16 Å². The molecule has 0 saturated carbocycles. The van der Waals surface area contributed by atoms with Gasteiger partial charge in [0.15, 0.2) is 0 Å². The Morgan fingerprint density at radius 3 is 2.59 bits per heavy atom. The molecule has 0 atom stereocenters. The Kier molecular flexibility index (Phi) is 5.03. The van der Waals surface area contributed by atoms with E-state index >= 15 is 0 Å². The molecule has 1 aromatic rings. The van der Waals surface area contributed by atoms with Gasteiger partial charge in [-0.3, -0.25) is 0 Å². The van der Waals surface area contributed by atoms with Crippen LogP contribution in [0, 0.1) is 0 Å². The van der Waals surface area contributed by atoms with Crippen molar-refractivity contribution in [2.45, 2.75) is 38.4 Å². The average molecular weight is 262 g/mol. The van der Waals surface area contributed by atoms with Gasteiger partial charge in [0.2, 0.25) is 0 Å². The molecule has 98 valence electrons. The molecule has 0 aromatic carbocycles. The Bertz CT molecular complexity index is 455. The predicted octanol–water partition coefficient (Wildman–Crippen LogP) is -0.0855. The number of hydrogen-bond donors (Lipinski definition) is 1. The Hall–Kier alpha value is -0.990. The van der Waals surface area contributed by atoms with E-state index in [0.717, 1.165) is 6.42 Å². The number of nitrogens with two attached hydrogens (primary N) is 1. The molecule has 0 amide bonds. The van der Waals surface area contributed by atoms with Crippen LogP contribution in [0.25, 0.3) is 0 Å². The SMILES string of the molecule is CCOCCCc1nnc(S(N)(=O)=O)n1CC. The molecule has 0 fully saturated rings. The van der Waals surface area contributed by atoms with E-state index in [4.69, 9.17) is 9.88 Å². The number of hydrogen-bond acceptors (Lipinski definition) is 5. The first-order valence-corrected chi connectivity index (χ1v) is 7.08. The van der Waals surface area contributed by atoms with Crippen LogP contribution >= 0.6 is 0 Å². The summed E-state index contributed by atoms with van der Waals surface area (Å²) in [5.74, 6) is 0.622. The Labute approximate surface area is 101 Å². The van der Waals surface area contributed by atoms with Gasteiger partial charge in [-0.1, -0.05) is 0 Å². The molecule has 0 bridgehead atoms. The van der Waals surface area contributed by atoms with Crippen LogP contribution in [0.5, 0.6) is 0 Å². The summed E-state index contributed by atoms with van der Waals surface area (Å²) in [6.07, 6.45) is 1.40. The zero-order valence-corrected chi connectivity index (χ0v) is 10.9. The maximum absolute atomic E-state index is 11.2. The fraction of sp³-hybridized carbons (Fsp3) is 0.778. The van der Waals surface area contributed by atoms with Crippen LogP contribution in [0.3, 0.4) is 0 Å². The lowest BCUT2D eigenvalue weighted by Crippen LogP contribution is -2.19. The summed E-state index contributed by atoms with van der Waals surface area (Å²) < 4.78 is 29.2. The number of nitrogens with zero attached hydrogens (tertiary/aromatic N) is 3. The molecule has 0 aliphatic rings. The van der Waals surface area contributed by atoms with E-state index < -0.39 is 10.0 Å². The first-order chi connectivity index (χ1) is 8.00. The summed E-state index contributed by atoms with van der Waals surface area (Å²) in [6.45, 7) is 5.52. The molecule has 8 heteroatoms. The minimum Gasteiger partial charge on any atom is -0.382 e. The van der Waals surface area contributed by atoms with Crippen molar-refractivity contribution in [3.8, 4) is 0 Å². The van der Waals surface area contributed by atoms with E-state index in [2.05, 4.69) is 10.2 Å². The van der Waals surface area contributed by atoms with Crippen LogP contribution in [0.2, 0.25) is 0 Å². The lowest BCUT2D eigenvalue weighted by Gasteiger charge is -2.05.